The van der Waals surface area contributed by atoms with E-state index in [1.165, 1.54) is 6.92 Å². The zero-order chi connectivity index (χ0) is 19.6. The maximum absolute atomic E-state index is 12.0. The molecule has 0 radical (unpaired) electrons. The highest BCUT2D eigenvalue weighted by Crippen LogP contribution is 2.23. The molecule has 0 heterocycles. The fourth-order valence-electron chi connectivity index (χ4n) is 2.47. The molecule has 2 amide bonds. The van der Waals surface area contributed by atoms with Crippen molar-refractivity contribution < 1.29 is 24.2 Å². The van der Waals surface area contributed by atoms with Gasteiger partial charge in [-0.25, -0.2) is 9.59 Å². The van der Waals surface area contributed by atoms with Gasteiger partial charge in [-0.05, 0) is 70.4 Å². The number of alkyl carbamates (subject to hydrolysis) is 1. The predicted molar refractivity (Wildman–Crippen MR) is 93.5 cm³/mol. The van der Waals surface area contributed by atoms with E-state index in [2.05, 4.69) is 5.32 Å². The van der Waals surface area contributed by atoms with E-state index in [0.29, 0.717) is 5.56 Å². The third-order valence-electron chi connectivity index (χ3n) is 3.76. The van der Waals surface area contributed by atoms with E-state index in [4.69, 9.17) is 10.5 Å². The summed E-state index contributed by atoms with van der Waals surface area (Å²) in [6.45, 7) is 10.0. The summed E-state index contributed by atoms with van der Waals surface area (Å²) in [4.78, 5) is 35.1. The third kappa shape index (κ3) is 5.48. The molecule has 138 valence electrons. The Balaban J connectivity index is 3.15. The lowest BCUT2D eigenvalue weighted by Gasteiger charge is -2.29. The molecule has 0 aliphatic rings. The van der Waals surface area contributed by atoms with E-state index < -0.39 is 29.1 Å². The second-order valence-electron chi connectivity index (χ2n) is 7.39. The van der Waals surface area contributed by atoms with E-state index in [1.807, 2.05) is 0 Å². The van der Waals surface area contributed by atoms with Gasteiger partial charge in [-0.3, -0.25) is 4.79 Å². The Labute approximate surface area is 147 Å². The van der Waals surface area contributed by atoms with Gasteiger partial charge in [-0.2, -0.15) is 0 Å². The highest BCUT2D eigenvalue weighted by Gasteiger charge is 2.37. The lowest BCUT2D eigenvalue weighted by molar-refractivity contribution is -0.144. The molecule has 4 N–H and O–H groups in total. The fourth-order valence-corrected chi connectivity index (χ4v) is 2.47. The lowest BCUT2D eigenvalue weighted by atomic mass is 9.87. The Kier molecular flexibility index (Phi) is 5.84. The van der Waals surface area contributed by atoms with Gasteiger partial charge in [0.15, 0.2) is 0 Å². The minimum Gasteiger partial charge on any atom is -0.480 e. The number of carboxylic acid groups (broad SMARTS) is 1. The Morgan fingerprint density at radius 2 is 1.60 bits per heavy atom. The van der Waals surface area contributed by atoms with Crippen molar-refractivity contribution in [3.8, 4) is 0 Å². The molecular weight excluding hydrogens is 324 g/mol. The predicted octanol–water partition coefficient (Wildman–Crippen LogP) is 2.31. The van der Waals surface area contributed by atoms with Gasteiger partial charge < -0.3 is 20.9 Å². The average molecular weight is 350 g/mol. The molecule has 0 saturated carbocycles. The zero-order valence-corrected chi connectivity index (χ0v) is 15.5. The van der Waals surface area contributed by atoms with Crippen LogP contribution < -0.4 is 11.1 Å². The maximum atomic E-state index is 12.0. The first-order valence-corrected chi connectivity index (χ1v) is 7.89. The molecule has 0 bridgehead atoms. The highest BCUT2D eigenvalue weighted by molar-refractivity contribution is 5.93. The number of carbonyl (C=O) groups excluding carboxylic acids is 2. The van der Waals surface area contributed by atoms with Crippen LogP contribution in [0.2, 0.25) is 0 Å². The number of rotatable bonds is 5. The summed E-state index contributed by atoms with van der Waals surface area (Å²) >= 11 is 0. The number of benzene rings is 1. The van der Waals surface area contributed by atoms with Gasteiger partial charge in [0.05, 0.1) is 0 Å². The number of aryl methyl sites for hydroxylation is 2. The number of aliphatic carboxylic acids is 1. The summed E-state index contributed by atoms with van der Waals surface area (Å²) in [5, 5.41) is 12.1. The second kappa shape index (κ2) is 7.13. The molecule has 7 nitrogen and oxygen atoms in total. The first-order valence-electron chi connectivity index (χ1n) is 7.89. The maximum Gasteiger partial charge on any atom is 0.408 e. The van der Waals surface area contributed by atoms with Crippen molar-refractivity contribution in [3.63, 3.8) is 0 Å². The number of carboxylic acids is 1. The number of nitrogens with two attached hydrogens (primary N) is 1. The molecule has 0 spiro atoms. The molecule has 0 aromatic heterocycles. The van der Waals surface area contributed by atoms with Crippen LogP contribution in [0.3, 0.4) is 0 Å². The Morgan fingerprint density at radius 3 is 1.96 bits per heavy atom. The van der Waals surface area contributed by atoms with Gasteiger partial charge in [-0.1, -0.05) is 0 Å². The number of hydrogen-bond acceptors (Lipinski definition) is 4. The molecule has 7 heteroatoms. The molecule has 1 rings (SSSR count). The summed E-state index contributed by atoms with van der Waals surface area (Å²) in [6, 6.07) is 3.22. The summed E-state index contributed by atoms with van der Waals surface area (Å²) in [5.74, 6) is -1.73. The van der Waals surface area contributed by atoms with Crippen LogP contribution in [-0.4, -0.2) is 34.2 Å². The van der Waals surface area contributed by atoms with Crippen LogP contribution in [0.1, 0.15) is 54.7 Å². The van der Waals surface area contributed by atoms with Crippen molar-refractivity contribution >= 4 is 18.0 Å². The minimum absolute atomic E-state index is 0.0400. The van der Waals surface area contributed by atoms with Crippen LogP contribution in [0, 0.1) is 13.8 Å². The molecule has 1 unspecified atom stereocenters. The zero-order valence-electron chi connectivity index (χ0n) is 15.5. The minimum atomic E-state index is -1.56. The SMILES string of the molecule is Cc1cc(C(N)=O)cc(C)c1CC(C)(NC(=O)OC(C)(C)C)C(=O)O. The standard InChI is InChI=1S/C18H26N2O5/c1-10-7-12(14(19)21)8-11(2)13(10)9-18(6,15(22)23)20-16(24)25-17(3,4)5/h7-8H,9H2,1-6H3,(H2,19,21)(H,20,24)(H,22,23). The second-order valence-corrected chi connectivity index (χ2v) is 7.39. The van der Waals surface area contributed by atoms with Gasteiger partial charge in [0.2, 0.25) is 5.91 Å². The van der Waals surface area contributed by atoms with Crippen LogP contribution in [-0.2, 0) is 16.0 Å². The summed E-state index contributed by atoms with van der Waals surface area (Å²) in [6.07, 6.45) is -0.764. The molecule has 1 atom stereocenters. The number of nitrogens with one attached hydrogen (secondary N) is 1. The van der Waals surface area contributed by atoms with Crippen LogP contribution in [0.4, 0.5) is 4.79 Å². The van der Waals surface area contributed by atoms with Crippen molar-refractivity contribution in [2.45, 2.75) is 59.1 Å². The number of primary amides is 1. The van der Waals surface area contributed by atoms with Crippen LogP contribution in [0.15, 0.2) is 12.1 Å². The average Bonchev–Trinajstić information content (AvgIpc) is 2.39. The van der Waals surface area contributed by atoms with Crippen molar-refractivity contribution in [1.29, 1.82) is 0 Å². The van der Waals surface area contributed by atoms with Crippen molar-refractivity contribution in [1.82, 2.24) is 5.32 Å². The summed E-state index contributed by atoms with van der Waals surface area (Å²) in [5.41, 5.74) is 5.54. The Morgan fingerprint density at radius 1 is 1.12 bits per heavy atom. The summed E-state index contributed by atoms with van der Waals surface area (Å²) < 4.78 is 5.16. The molecule has 0 aliphatic carbocycles. The van der Waals surface area contributed by atoms with Crippen molar-refractivity contribution in [2.75, 3.05) is 0 Å². The van der Waals surface area contributed by atoms with E-state index in [-0.39, 0.29) is 6.42 Å². The number of ether oxygens (including phenoxy) is 1. The van der Waals surface area contributed by atoms with E-state index in [9.17, 15) is 19.5 Å². The van der Waals surface area contributed by atoms with Gasteiger partial charge in [0.25, 0.3) is 0 Å². The summed E-state index contributed by atoms with van der Waals surface area (Å²) in [7, 11) is 0. The van der Waals surface area contributed by atoms with Gasteiger partial charge >= 0.3 is 12.1 Å². The number of hydrogen-bond donors (Lipinski definition) is 3. The lowest BCUT2D eigenvalue weighted by Crippen LogP contribution is -2.55. The number of amides is 2. The molecule has 0 saturated heterocycles. The normalized spacial score (nSPS) is 13.7. The number of carbonyl (C=O) groups is 3. The topological polar surface area (TPSA) is 119 Å². The van der Waals surface area contributed by atoms with E-state index in [0.717, 1.165) is 16.7 Å². The quantitative estimate of drug-likeness (QED) is 0.753. The van der Waals surface area contributed by atoms with E-state index in [1.54, 1.807) is 46.8 Å². The molecule has 0 aliphatic heterocycles. The highest BCUT2D eigenvalue weighted by atomic mass is 16.6. The third-order valence-corrected chi connectivity index (χ3v) is 3.76. The molecule has 1 aromatic carbocycles. The molecule has 1 aromatic rings. The van der Waals surface area contributed by atoms with Crippen LogP contribution in [0.25, 0.3) is 0 Å². The Bertz CT molecular complexity index is 683. The van der Waals surface area contributed by atoms with Gasteiger partial charge in [0, 0.05) is 12.0 Å². The first kappa shape index (κ1) is 20.5. The fraction of sp³-hybridized carbons (Fsp3) is 0.500. The van der Waals surface area contributed by atoms with Crippen molar-refractivity contribution in [2.24, 2.45) is 5.73 Å². The molecule has 0 fully saturated rings. The van der Waals surface area contributed by atoms with Gasteiger partial charge in [-0.15, -0.1) is 0 Å². The van der Waals surface area contributed by atoms with Crippen LogP contribution >= 0.6 is 0 Å². The monoisotopic (exact) mass is 350 g/mol. The van der Waals surface area contributed by atoms with Crippen LogP contribution in [0.5, 0.6) is 0 Å². The smallest absolute Gasteiger partial charge is 0.408 e. The van der Waals surface area contributed by atoms with E-state index >= 15 is 0 Å². The first-order chi connectivity index (χ1) is 11.2. The van der Waals surface area contributed by atoms with Crippen molar-refractivity contribution in [3.05, 3.63) is 34.4 Å². The largest absolute Gasteiger partial charge is 0.480 e. The molecule has 25 heavy (non-hydrogen) atoms. The molecular formula is C18H26N2O5. The van der Waals surface area contributed by atoms with Gasteiger partial charge in [0.1, 0.15) is 11.1 Å². The Hall–Kier alpha value is -2.57.